The molecule has 1 aromatic carbocycles. The average molecular weight is 343 g/mol. The van der Waals surface area contributed by atoms with Gasteiger partial charge in [-0.3, -0.25) is 4.98 Å². The Morgan fingerprint density at radius 3 is 2.79 bits per heavy atom. The molecule has 122 valence electrons. The molecule has 0 saturated carbocycles. The van der Waals surface area contributed by atoms with Crippen LogP contribution in [0.5, 0.6) is 0 Å². The number of halogens is 1. The van der Waals surface area contributed by atoms with E-state index >= 15 is 0 Å². The number of benzene rings is 1. The maximum absolute atomic E-state index is 11.8. The number of urea groups is 1. The van der Waals surface area contributed by atoms with Crippen LogP contribution in [0.15, 0.2) is 59.4 Å². The third-order valence-electron chi connectivity index (χ3n) is 3.28. The highest BCUT2D eigenvalue weighted by molar-refractivity contribution is 6.30. The number of carbonyl (C=O) groups is 1. The summed E-state index contributed by atoms with van der Waals surface area (Å²) in [6, 6.07) is 12.5. The number of aromatic nitrogens is 2. The lowest BCUT2D eigenvalue weighted by molar-refractivity contribution is 0.238. The molecule has 2 N–H and O–H groups in total. The Balaban J connectivity index is 1.51. The van der Waals surface area contributed by atoms with Gasteiger partial charge in [0.15, 0.2) is 5.76 Å². The number of carbonyl (C=O) groups excluding carboxylic acids is 1. The van der Waals surface area contributed by atoms with Gasteiger partial charge in [-0.25, -0.2) is 4.79 Å². The summed E-state index contributed by atoms with van der Waals surface area (Å²) in [5.41, 5.74) is 2.46. The average Bonchev–Trinajstić information content (AvgIpc) is 3.08. The third kappa shape index (κ3) is 4.33. The standard InChI is InChI=1S/C17H15ClN4O2/c18-14-5-1-4-13(7-14)16-8-15(24-22-16)11-21-17(23)20-10-12-3-2-6-19-9-12/h1-9H,10-11H2,(H2,20,21,23). The van der Waals surface area contributed by atoms with Crippen LogP contribution >= 0.6 is 11.6 Å². The molecule has 0 radical (unpaired) electrons. The highest BCUT2D eigenvalue weighted by atomic mass is 35.5. The molecule has 0 spiro atoms. The molecule has 0 bridgehead atoms. The Bertz CT molecular complexity index is 820. The smallest absolute Gasteiger partial charge is 0.315 e. The predicted molar refractivity (Wildman–Crippen MR) is 90.3 cm³/mol. The minimum absolute atomic E-state index is 0.242. The topological polar surface area (TPSA) is 80.0 Å². The zero-order valence-electron chi connectivity index (χ0n) is 12.7. The van der Waals surface area contributed by atoms with Crippen LogP contribution in [0.1, 0.15) is 11.3 Å². The first-order valence-electron chi connectivity index (χ1n) is 7.33. The first-order valence-corrected chi connectivity index (χ1v) is 7.70. The maximum atomic E-state index is 11.8. The zero-order valence-corrected chi connectivity index (χ0v) is 13.5. The van der Waals surface area contributed by atoms with Crippen LogP contribution < -0.4 is 10.6 Å². The van der Waals surface area contributed by atoms with Crippen molar-refractivity contribution in [1.29, 1.82) is 0 Å². The van der Waals surface area contributed by atoms with Crippen molar-refractivity contribution in [1.82, 2.24) is 20.8 Å². The normalized spacial score (nSPS) is 10.4. The van der Waals surface area contributed by atoms with Crippen molar-refractivity contribution in [2.45, 2.75) is 13.1 Å². The van der Waals surface area contributed by atoms with Crippen molar-refractivity contribution in [2.24, 2.45) is 0 Å². The lowest BCUT2D eigenvalue weighted by Gasteiger charge is -2.05. The Morgan fingerprint density at radius 2 is 2.00 bits per heavy atom. The van der Waals surface area contributed by atoms with Crippen molar-refractivity contribution >= 4 is 17.6 Å². The fraction of sp³-hybridized carbons (Fsp3) is 0.118. The van der Waals surface area contributed by atoms with Crippen molar-refractivity contribution in [3.63, 3.8) is 0 Å². The summed E-state index contributed by atoms with van der Waals surface area (Å²) in [4.78, 5) is 15.8. The predicted octanol–water partition coefficient (Wildman–Crippen LogP) is 3.39. The molecular weight excluding hydrogens is 328 g/mol. The van der Waals surface area contributed by atoms with Gasteiger partial charge in [-0.2, -0.15) is 0 Å². The molecule has 3 aromatic rings. The minimum Gasteiger partial charge on any atom is -0.359 e. The van der Waals surface area contributed by atoms with Gasteiger partial charge in [0.25, 0.3) is 0 Å². The molecule has 2 aromatic heterocycles. The van der Waals surface area contributed by atoms with Crippen LogP contribution in [-0.2, 0) is 13.1 Å². The lowest BCUT2D eigenvalue weighted by atomic mass is 10.1. The van der Waals surface area contributed by atoms with Crippen molar-refractivity contribution < 1.29 is 9.32 Å². The second-order valence-corrected chi connectivity index (χ2v) is 5.52. The van der Waals surface area contributed by atoms with E-state index in [9.17, 15) is 4.79 Å². The highest BCUT2D eigenvalue weighted by Crippen LogP contribution is 2.22. The first-order chi connectivity index (χ1) is 11.7. The van der Waals surface area contributed by atoms with Crippen LogP contribution in [0, 0.1) is 0 Å². The molecule has 3 rings (SSSR count). The van der Waals surface area contributed by atoms with Gasteiger partial charge in [0.05, 0.1) is 6.54 Å². The number of hydrogen-bond donors (Lipinski definition) is 2. The summed E-state index contributed by atoms with van der Waals surface area (Å²) in [6.45, 7) is 0.649. The fourth-order valence-electron chi connectivity index (χ4n) is 2.10. The van der Waals surface area contributed by atoms with Crippen LogP contribution in [0.25, 0.3) is 11.3 Å². The van der Waals surface area contributed by atoms with Crippen molar-refractivity contribution in [2.75, 3.05) is 0 Å². The first kappa shape index (κ1) is 16.0. The van der Waals surface area contributed by atoms with Crippen molar-refractivity contribution in [3.8, 4) is 11.3 Å². The van der Waals surface area contributed by atoms with E-state index in [-0.39, 0.29) is 12.6 Å². The van der Waals surface area contributed by atoms with E-state index in [0.29, 0.717) is 23.0 Å². The van der Waals surface area contributed by atoms with E-state index in [1.165, 1.54) is 0 Å². The minimum atomic E-state index is -0.292. The molecule has 0 saturated heterocycles. The van der Waals surface area contributed by atoms with Gasteiger partial charge in [0, 0.05) is 35.6 Å². The zero-order chi connectivity index (χ0) is 16.8. The summed E-state index contributed by atoms with van der Waals surface area (Å²) in [6.07, 6.45) is 3.39. The molecule has 2 heterocycles. The SMILES string of the molecule is O=C(NCc1cccnc1)NCc1cc(-c2cccc(Cl)c2)no1. The van der Waals surface area contributed by atoms with Gasteiger partial charge in [-0.1, -0.05) is 35.0 Å². The summed E-state index contributed by atoms with van der Waals surface area (Å²) >= 11 is 5.96. The molecule has 7 heteroatoms. The quantitative estimate of drug-likeness (QED) is 0.744. The number of nitrogens with zero attached hydrogens (tertiary/aromatic N) is 2. The second-order valence-electron chi connectivity index (χ2n) is 5.09. The van der Waals surface area contributed by atoms with E-state index in [1.807, 2.05) is 24.3 Å². The van der Waals surface area contributed by atoms with Gasteiger partial charge in [-0.15, -0.1) is 0 Å². The van der Waals surface area contributed by atoms with E-state index in [4.69, 9.17) is 16.1 Å². The Labute approximate surface area is 143 Å². The summed E-state index contributed by atoms with van der Waals surface area (Å²) in [5.74, 6) is 0.557. The molecular formula is C17H15ClN4O2. The molecule has 0 aliphatic carbocycles. The molecule has 0 fully saturated rings. The number of nitrogens with one attached hydrogen (secondary N) is 2. The Kier molecular flexibility index (Phi) is 5.08. The van der Waals surface area contributed by atoms with Crippen LogP contribution in [-0.4, -0.2) is 16.2 Å². The molecule has 0 aliphatic rings. The van der Waals surface area contributed by atoms with Crippen LogP contribution in [0.3, 0.4) is 0 Å². The Morgan fingerprint density at radius 1 is 1.12 bits per heavy atom. The van der Waals surface area contributed by atoms with Gasteiger partial charge >= 0.3 is 6.03 Å². The van der Waals surface area contributed by atoms with E-state index in [0.717, 1.165) is 11.1 Å². The molecule has 24 heavy (non-hydrogen) atoms. The number of amides is 2. The molecule has 0 unspecified atom stereocenters. The van der Waals surface area contributed by atoms with Gasteiger partial charge in [-0.05, 0) is 23.8 Å². The molecule has 6 nitrogen and oxygen atoms in total. The fourth-order valence-corrected chi connectivity index (χ4v) is 2.29. The summed E-state index contributed by atoms with van der Waals surface area (Å²) in [5, 5.41) is 10.1. The lowest BCUT2D eigenvalue weighted by Crippen LogP contribution is -2.34. The molecule has 0 atom stereocenters. The number of pyridine rings is 1. The highest BCUT2D eigenvalue weighted by Gasteiger charge is 2.08. The monoisotopic (exact) mass is 342 g/mol. The third-order valence-corrected chi connectivity index (χ3v) is 3.51. The second kappa shape index (κ2) is 7.61. The number of hydrogen-bond acceptors (Lipinski definition) is 4. The van der Waals surface area contributed by atoms with Gasteiger partial charge in [0.1, 0.15) is 5.69 Å². The largest absolute Gasteiger partial charge is 0.359 e. The maximum Gasteiger partial charge on any atom is 0.315 e. The van der Waals surface area contributed by atoms with E-state index in [1.54, 1.807) is 30.6 Å². The Hall–Kier alpha value is -2.86. The van der Waals surface area contributed by atoms with Gasteiger partial charge < -0.3 is 15.2 Å². The van der Waals surface area contributed by atoms with Crippen LogP contribution in [0.2, 0.25) is 5.02 Å². The number of rotatable bonds is 5. The molecule has 2 amide bonds. The molecule has 0 aliphatic heterocycles. The van der Waals surface area contributed by atoms with E-state index in [2.05, 4.69) is 20.8 Å². The summed E-state index contributed by atoms with van der Waals surface area (Å²) < 4.78 is 5.23. The van der Waals surface area contributed by atoms with Gasteiger partial charge in [0.2, 0.25) is 0 Å². The summed E-state index contributed by atoms with van der Waals surface area (Å²) in [7, 11) is 0. The van der Waals surface area contributed by atoms with Crippen molar-refractivity contribution in [3.05, 3.63) is 71.2 Å². The van der Waals surface area contributed by atoms with Crippen LogP contribution in [0.4, 0.5) is 4.79 Å². The van der Waals surface area contributed by atoms with E-state index < -0.39 is 0 Å².